The number of hydrogen-bond donors (Lipinski definition) is 1. The molecule has 4 nitrogen and oxygen atoms in total. The fraction of sp³-hybridized carbons (Fsp3) is 0.176. The molecule has 0 saturated carbocycles. The van der Waals surface area contributed by atoms with E-state index in [2.05, 4.69) is 5.32 Å². The number of imide groups is 1. The lowest BCUT2D eigenvalue weighted by Crippen LogP contribution is -2.38. The Balaban J connectivity index is 1.69. The number of rotatable bonds is 4. The van der Waals surface area contributed by atoms with Gasteiger partial charge in [0.05, 0.1) is 28.2 Å². The summed E-state index contributed by atoms with van der Waals surface area (Å²) in [5.41, 5.74) is 1.41. The average Bonchev–Trinajstić information content (AvgIpc) is 2.84. The van der Waals surface area contributed by atoms with Crippen molar-refractivity contribution >= 4 is 52.3 Å². The van der Waals surface area contributed by atoms with Gasteiger partial charge >= 0.3 is 0 Å². The molecule has 1 N–H and O–H groups in total. The summed E-state index contributed by atoms with van der Waals surface area (Å²) in [5.74, 6) is -0.517. The Labute approximate surface area is 154 Å². The summed E-state index contributed by atoms with van der Waals surface area (Å²) >= 11 is 17.7. The van der Waals surface area contributed by atoms with Gasteiger partial charge in [0.15, 0.2) is 0 Å². The van der Waals surface area contributed by atoms with Crippen molar-refractivity contribution in [2.45, 2.75) is 19.0 Å². The zero-order valence-electron chi connectivity index (χ0n) is 12.4. The number of anilines is 1. The fourth-order valence-corrected chi connectivity index (χ4v) is 2.99. The summed E-state index contributed by atoms with van der Waals surface area (Å²) in [6.45, 7) is 0.412. The van der Waals surface area contributed by atoms with Gasteiger partial charge in [-0.15, -0.1) is 0 Å². The molecule has 7 heteroatoms. The van der Waals surface area contributed by atoms with E-state index in [9.17, 15) is 9.59 Å². The van der Waals surface area contributed by atoms with Crippen molar-refractivity contribution in [2.75, 3.05) is 4.90 Å². The maximum absolute atomic E-state index is 12.5. The standard InChI is InChI=1S/C17H13Cl3N2O2/c18-11-2-4-12(5-3-11)22-16(23)8-15(17(22)24)21-9-10-1-6-13(19)14(20)7-10/h1-7,15,21H,8-9H2/t15-/m1/s1. The third-order valence-corrected chi connectivity index (χ3v) is 4.76. The highest BCUT2D eigenvalue weighted by Crippen LogP contribution is 2.25. The number of nitrogens with one attached hydrogen (secondary N) is 1. The van der Waals surface area contributed by atoms with Crippen molar-refractivity contribution in [3.8, 4) is 0 Å². The molecule has 0 radical (unpaired) electrons. The first-order valence-corrected chi connectivity index (χ1v) is 8.39. The highest BCUT2D eigenvalue weighted by molar-refractivity contribution is 6.42. The highest BCUT2D eigenvalue weighted by atomic mass is 35.5. The van der Waals surface area contributed by atoms with Gasteiger partial charge in [-0.25, -0.2) is 4.90 Å². The van der Waals surface area contributed by atoms with E-state index in [1.807, 2.05) is 6.07 Å². The van der Waals surface area contributed by atoms with E-state index in [1.54, 1.807) is 36.4 Å². The van der Waals surface area contributed by atoms with Crippen molar-refractivity contribution < 1.29 is 9.59 Å². The zero-order chi connectivity index (χ0) is 17.3. The molecule has 0 aromatic heterocycles. The van der Waals surface area contributed by atoms with Crippen LogP contribution in [0.15, 0.2) is 42.5 Å². The molecule has 0 unspecified atom stereocenters. The summed E-state index contributed by atoms with van der Waals surface area (Å²) in [7, 11) is 0. The normalized spacial score (nSPS) is 17.6. The van der Waals surface area contributed by atoms with Gasteiger partial charge in [0.2, 0.25) is 5.91 Å². The minimum atomic E-state index is -0.567. The monoisotopic (exact) mass is 382 g/mol. The SMILES string of the molecule is O=C1C[C@@H](NCc2ccc(Cl)c(Cl)c2)C(=O)N1c1ccc(Cl)cc1. The molecule has 2 amide bonds. The third-order valence-electron chi connectivity index (χ3n) is 3.77. The maximum Gasteiger partial charge on any atom is 0.251 e. The smallest absolute Gasteiger partial charge is 0.251 e. The van der Waals surface area contributed by atoms with Gasteiger partial charge in [0.25, 0.3) is 5.91 Å². The predicted octanol–water partition coefficient (Wildman–Crippen LogP) is 4.07. The first kappa shape index (κ1) is 17.2. The van der Waals surface area contributed by atoms with Crippen LogP contribution in [0.2, 0.25) is 15.1 Å². The quantitative estimate of drug-likeness (QED) is 0.810. The molecule has 3 rings (SSSR count). The van der Waals surface area contributed by atoms with Crippen LogP contribution in [0.4, 0.5) is 5.69 Å². The summed E-state index contributed by atoms with van der Waals surface area (Å²) < 4.78 is 0. The van der Waals surface area contributed by atoms with Crippen molar-refractivity contribution in [3.63, 3.8) is 0 Å². The molecule has 0 spiro atoms. The lowest BCUT2D eigenvalue weighted by Gasteiger charge is -2.15. The second-order valence-electron chi connectivity index (χ2n) is 5.43. The Morgan fingerprint density at radius 1 is 1.00 bits per heavy atom. The van der Waals surface area contributed by atoms with Gasteiger partial charge in [0.1, 0.15) is 0 Å². The number of carbonyl (C=O) groups excluding carboxylic acids is 2. The van der Waals surface area contributed by atoms with Crippen molar-refractivity contribution in [2.24, 2.45) is 0 Å². The summed E-state index contributed by atoms with van der Waals surface area (Å²) in [4.78, 5) is 25.9. The minimum Gasteiger partial charge on any atom is -0.301 e. The summed E-state index contributed by atoms with van der Waals surface area (Å²) in [6.07, 6.45) is 0.114. The molecule has 1 heterocycles. The second kappa shape index (κ2) is 7.11. The average molecular weight is 384 g/mol. The Kier molecular flexibility index (Phi) is 5.11. The number of benzene rings is 2. The van der Waals surface area contributed by atoms with Gasteiger partial charge in [0, 0.05) is 11.6 Å². The van der Waals surface area contributed by atoms with Crippen molar-refractivity contribution in [3.05, 3.63) is 63.1 Å². The Morgan fingerprint density at radius 3 is 2.38 bits per heavy atom. The summed E-state index contributed by atoms with van der Waals surface area (Å²) in [6, 6.07) is 11.3. The molecular weight excluding hydrogens is 371 g/mol. The van der Waals surface area contributed by atoms with Crippen LogP contribution in [0.25, 0.3) is 0 Å². The topological polar surface area (TPSA) is 49.4 Å². The van der Waals surface area contributed by atoms with Gasteiger partial charge in [-0.2, -0.15) is 0 Å². The van der Waals surface area contributed by atoms with Gasteiger partial charge in [-0.1, -0.05) is 40.9 Å². The molecular formula is C17H13Cl3N2O2. The molecule has 1 fully saturated rings. The lowest BCUT2D eigenvalue weighted by molar-refractivity contribution is -0.121. The van der Waals surface area contributed by atoms with Crippen LogP contribution >= 0.6 is 34.8 Å². The predicted molar refractivity (Wildman–Crippen MR) is 95.7 cm³/mol. The van der Waals surface area contributed by atoms with Gasteiger partial charge < -0.3 is 5.32 Å². The lowest BCUT2D eigenvalue weighted by atomic mass is 10.2. The van der Waals surface area contributed by atoms with Crippen LogP contribution in [0.5, 0.6) is 0 Å². The Bertz CT molecular complexity index is 793. The van der Waals surface area contributed by atoms with E-state index in [-0.39, 0.29) is 18.2 Å². The van der Waals surface area contributed by atoms with E-state index in [0.717, 1.165) is 5.56 Å². The number of carbonyl (C=O) groups is 2. The van der Waals surface area contributed by atoms with E-state index >= 15 is 0 Å². The minimum absolute atomic E-state index is 0.114. The molecule has 2 aromatic rings. The molecule has 124 valence electrons. The molecule has 0 aliphatic carbocycles. The van der Waals surface area contributed by atoms with Crippen LogP contribution in [0.1, 0.15) is 12.0 Å². The van der Waals surface area contributed by atoms with Crippen LogP contribution in [-0.4, -0.2) is 17.9 Å². The van der Waals surface area contributed by atoms with Crippen molar-refractivity contribution in [1.29, 1.82) is 0 Å². The highest BCUT2D eigenvalue weighted by Gasteiger charge is 2.39. The molecule has 1 aliphatic rings. The maximum atomic E-state index is 12.5. The van der Waals surface area contributed by atoms with Crippen LogP contribution in [-0.2, 0) is 16.1 Å². The van der Waals surface area contributed by atoms with E-state index in [1.165, 1.54) is 4.90 Å². The Hall–Kier alpha value is -1.59. The van der Waals surface area contributed by atoms with Crippen LogP contribution in [0.3, 0.4) is 0 Å². The first-order valence-electron chi connectivity index (χ1n) is 7.25. The van der Waals surface area contributed by atoms with Gasteiger partial charge in [-0.3, -0.25) is 9.59 Å². The van der Waals surface area contributed by atoms with Crippen LogP contribution in [0, 0.1) is 0 Å². The molecule has 0 bridgehead atoms. The molecule has 2 aromatic carbocycles. The second-order valence-corrected chi connectivity index (χ2v) is 6.68. The number of amides is 2. The molecule has 1 saturated heterocycles. The number of halogens is 3. The molecule has 24 heavy (non-hydrogen) atoms. The van der Waals surface area contributed by atoms with E-state index in [0.29, 0.717) is 27.3 Å². The van der Waals surface area contributed by atoms with Crippen LogP contribution < -0.4 is 10.2 Å². The largest absolute Gasteiger partial charge is 0.301 e. The first-order chi connectivity index (χ1) is 11.5. The molecule has 1 aliphatic heterocycles. The van der Waals surface area contributed by atoms with Gasteiger partial charge in [-0.05, 0) is 42.0 Å². The number of nitrogens with zero attached hydrogens (tertiary/aromatic N) is 1. The van der Waals surface area contributed by atoms with Crippen molar-refractivity contribution in [1.82, 2.24) is 5.32 Å². The van der Waals surface area contributed by atoms with E-state index in [4.69, 9.17) is 34.8 Å². The number of hydrogen-bond acceptors (Lipinski definition) is 3. The van der Waals surface area contributed by atoms with E-state index < -0.39 is 6.04 Å². The Morgan fingerprint density at radius 2 is 1.71 bits per heavy atom. The zero-order valence-corrected chi connectivity index (χ0v) is 14.7. The fourth-order valence-electron chi connectivity index (χ4n) is 2.54. The summed E-state index contributed by atoms with van der Waals surface area (Å²) in [5, 5.41) is 4.57. The third kappa shape index (κ3) is 3.57. The molecule has 1 atom stereocenters.